The molecule has 0 N–H and O–H groups in total. The van der Waals surface area contributed by atoms with Crippen LogP contribution < -0.4 is 0 Å². The number of benzene rings is 1. The standard InChI is InChI=1S/C13H18N2O2/c1-2-14-9-6-10-15(13(14)16)17-11-12-7-4-3-5-8-12/h3-5,7-8H,2,6,9-11H2,1H3. The monoisotopic (exact) mass is 234 g/mol. The van der Waals surface area contributed by atoms with E-state index in [1.54, 1.807) is 4.90 Å². The van der Waals surface area contributed by atoms with Crippen molar-refractivity contribution in [3.63, 3.8) is 0 Å². The van der Waals surface area contributed by atoms with Crippen LogP contribution in [-0.2, 0) is 11.4 Å². The topological polar surface area (TPSA) is 32.8 Å². The van der Waals surface area contributed by atoms with Crippen molar-refractivity contribution in [1.82, 2.24) is 9.96 Å². The lowest BCUT2D eigenvalue weighted by atomic mass is 10.2. The second kappa shape index (κ2) is 5.68. The average Bonchev–Trinajstić information content (AvgIpc) is 2.39. The van der Waals surface area contributed by atoms with Crippen molar-refractivity contribution in [2.75, 3.05) is 19.6 Å². The van der Waals surface area contributed by atoms with Crippen LogP contribution >= 0.6 is 0 Å². The van der Waals surface area contributed by atoms with Gasteiger partial charge in [0.05, 0.1) is 6.54 Å². The third kappa shape index (κ3) is 2.97. The summed E-state index contributed by atoms with van der Waals surface area (Å²) in [6.07, 6.45) is 0.967. The fourth-order valence-corrected chi connectivity index (χ4v) is 1.89. The Morgan fingerprint density at radius 3 is 2.71 bits per heavy atom. The summed E-state index contributed by atoms with van der Waals surface area (Å²) in [5, 5.41) is 1.47. The van der Waals surface area contributed by atoms with Gasteiger partial charge in [-0.25, -0.2) is 9.86 Å². The molecule has 1 heterocycles. The number of hydroxylamine groups is 2. The molecule has 1 aromatic carbocycles. The van der Waals surface area contributed by atoms with E-state index < -0.39 is 0 Å². The van der Waals surface area contributed by atoms with Crippen LogP contribution in [0.1, 0.15) is 18.9 Å². The Hall–Kier alpha value is -1.55. The van der Waals surface area contributed by atoms with E-state index in [1.807, 2.05) is 37.3 Å². The fraction of sp³-hybridized carbons (Fsp3) is 0.462. The average molecular weight is 234 g/mol. The lowest BCUT2D eigenvalue weighted by molar-refractivity contribution is -0.145. The van der Waals surface area contributed by atoms with Gasteiger partial charge in [-0.2, -0.15) is 0 Å². The molecule has 0 radical (unpaired) electrons. The lowest BCUT2D eigenvalue weighted by Gasteiger charge is -2.33. The molecule has 17 heavy (non-hydrogen) atoms. The summed E-state index contributed by atoms with van der Waals surface area (Å²) in [5.41, 5.74) is 1.08. The highest BCUT2D eigenvalue weighted by Crippen LogP contribution is 2.11. The normalized spacial score (nSPS) is 16.4. The van der Waals surface area contributed by atoms with Crippen molar-refractivity contribution in [2.24, 2.45) is 0 Å². The van der Waals surface area contributed by atoms with Crippen molar-refractivity contribution >= 4 is 6.03 Å². The van der Waals surface area contributed by atoms with Crippen LogP contribution in [-0.4, -0.2) is 35.6 Å². The molecular formula is C13H18N2O2. The molecule has 0 bridgehead atoms. The van der Waals surface area contributed by atoms with Crippen LogP contribution in [0.4, 0.5) is 4.79 Å². The molecule has 4 nitrogen and oxygen atoms in total. The van der Waals surface area contributed by atoms with Gasteiger partial charge in [0.2, 0.25) is 0 Å². The summed E-state index contributed by atoms with van der Waals surface area (Å²) in [4.78, 5) is 19.3. The largest absolute Gasteiger partial charge is 0.343 e. The predicted octanol–water partition coefficient (Wildman–Crippen LogP) is 2.27. The summed E-state index contributed by atoms with van der Waals surface area (Å²) < 4.78 is 0. The molecule has 1 aromatic rings. The number of rotatable bonds is 4. The molecule has 4 heteroatoms. The van der Waals surface area contributed by atoms with E-state index in [-0.39, 0.29) is 6.03 Å². The summed E-state index contributed by atoms with van der Waals surface area (Å²) in [5.74, 6) is 0. The second-order valence-corrected chi connectivity index (χ2v) is 4.08. The molecule has 2 rings (SSSR count). The smallest absolute Gasteiger partial charge is 0.323 e. The Kier molecular flexibility index (Phi) is 3.98. The Labute approximate surface area is 102 Å². The molecule has 0 saturated carbocycles. The first-order chi connectivity index (χ1) is 8.31. The first-order valence-electron chi connectivity index (χ1n) is 6.04. The van der Waals surface area contributed by atoms with Crippen molar-refractivity contribution in [2.45, 2.75) is 20.0 Å². The maximum atomic E-state index is 11.9. The minimum absolute atomic E-state index is 0.0188. The number of hydrogen-bond donors (Lipinski definition) is 0. The predicted molar refractivity (Wildman–Crippen MR) is 65.2 cm³/mol. The fourth-order valence-electron chi connectivity index (χ4n) is 1.89. The zero-order valence-electron chi connectivity index (χ0n) is 10.1. The molecule has 0 atom stereocenters. The summed E-state index contributed by atoms with van der Waals surface area (Å²) >= 11 is 0. The van der Waals surface area contributed by atoms with Gasteiger partial charge in [0.1, 0.15) is 6.61 Å². The van der Waals surface area contributed by atoms with Crippen molar-refractivity contribution in [3.8, 4) is 0 Å². The van der Waals surface area contributed by atoms with E-state index in [1.165, 1.54) is 5.06 Å². The molecule has 0 unspecified atom stereocenters. The van der Waals surface area contributed by atoms with Gasteiger partial charge in [-0.15, -0.1) is 0 Å². The number of carbonyl (C=O) groups is 1. The van der Waals surface area contributed by atoms with E-state index in [0.29, 0.717) is 13.2 Å². The van der Waals surface area contributed by atoms with Crippen LogP contribution in [0.5, 0.6) is 0 Å². The Morgan fingerprint density at radius 1 is 1.24 bits per heavy atom. The van der Waals surface area contributed by atoms with Crippen LogP contribution in [0.2, 0.25) is 0 Å². The molecule has 0 aliphatic carbocycles. The molecule has 1 saturated heterocycles. The van der Waals surface area contributed by atoms with Gasteiger partial charge in [-0.3, -0.25) is 4.84 Å². The lowest BCUT2D eigenvalue weighted by Crippen LogP contribution is -2.48. The van der Waals surface area contributed by atoms with Crippen molar-refractivity contribution < 1.29 is 9.63 Å². The van der Waals surface area contributed by atoms with E-state index >= 15 is 0 Å². The van der Waals surface area contributed by atoms with Crippen molar-refractivity contribution in [3.05, 3.63) is 35.9 Å². The van der Waals surface area contributed by atoms with E-state index in [4.69, 9.17) is 4.84 Å². The maximum Gasteiger partial charge on any atom is 0.343 e. The molecule has 0 spiro atoms. The number of carbonyl (C=O) groups excluding carboxylic acids is 1. The Balaban J connectivity index is 1.88. The molecule has 1 fully saturated rings. The molecular weight excluding hydrogens is 216 g/mol. The van der Waals surface area contributed by atoms with Gasteiger partial charge >= 0.3 is 6.03 Å². The minimum atomic E-state index is -0.0188. The summed E-state index contributed by atoms with van der Waals surface area (Å²) in [6.45, 7) is 4.69. The molecule has 1 aliphatic heterocycles. The third-order valence-electron chi connectivity index (χ3n) is 2.88. The van der Waals surface area contributed by atoms with Gasteiger partial charge in [-0.1, -0.05) is 30.3 Å². The van der Waals surface area contributed by atoms with Crippen LogP contribution in [0.15, 0.2) is 30.3 Å². The Bertz CT molecular complexity index is 367. The number of amides is 2. The minimum Gasteiger partial charge on any atom is -0.323 e. The van der Waals surface area contributed by atoms with Crippen LogP contribution in [0, 0.1) is 0 Å². The SMILES string of the molecule is CCN1CCCN(OCc2ccccc2)C1=O. The molecule has 0 aromatic heterocycles. The van der Waals surface area contributed by atoms with Gasteiger partial charge in [0.15, 0.2) is 0 Å². The number of urea groups is 1. The van der Waals surface area contributed by atoms with E-state index in [9.17, 15) is 4.79 Å². The second-order valence-electron chi connectivity index (χ2n) is 4.08. The molecule has 2 amide bonds. The summed E-state index contributed by atoms with van der Waals surface area (Å²) in [6, 6.07) is 9.87. The number of nitrogens with zero attached hydrogens (tertiary/aromatic N) is 2. The zero-order chi connectivity index (χ0) is 12.1. The van der Waals surface area contributed by atoms with Gasteiger partial charge in [-0.05, 0) is 18.9 Å². The maximum absolute atomic E-state index is 11.9. The highest BCUT2D eigenvalue weighted by Gasteiger charge is 2.24. The van der Waals surface area contributed by atoms with E-state index in [2.05, 4.69) is 0 Å². The highest BCUT2D eigenvalue weighted by molar-refractivity contribution is 5.73. The highest BCUT2D eigenvalue weighted by atomic mass is 16.7. The Morgan fingerprint density at radius 2 is 2.00 bits per heavy atom. The quantitative estimate of drug-likeness (QED) is 0.800. The number of hydrogen-bond acceptors (Lipinski definition) is 2. The molecule has 92 valence electrons. The zero-order valence-corrected chi connectivity index (χ0v) is 10.1. The van der Waals surface area contributed by atoms with E-state index in [0.717, 1.165) is 25.1 Å². The third-order valence-corrected chi connectivity index (χ3v) is 2.88. The van der Waals surface area contributed by atoms with Gasteiger partial charge < -0.3 is 4.90 Å². The first kappa shape index (κ1) is 11.9. The molecule has 1 aliphatic rings. The van der Waals surface area contributed by atoms with Gasteiger partial charge in [0.25, 0.3) is 0 Å². The van der Waals surface area contributed by atoms with Gasteiger partial charge in [0, 0.05) is 13.1 Å². The van der Waals surface area contributed by atoms with Crippen LogP contribution in [0.3, 0.4) is 0 Å². The van der Waals surface area contributed by atoms with Crippen molar-refractivity contribution in [1.29, 1.82) is 0 Å². The van der Waals surface area contributed by atoms with Crippen LogP contribution in [0.25, 0.3) is 0 Å². The first-order valence-corrected chi connectivity index (χ1v) is 6.04. The summed E-state index contributed by atoms with van der Waals surface area (Å²) in [7, 11) is 0.